The van der Waals surface area contributed by atoms with Crippen molar-refractivity contribution in [3.63, 3.8) is 0 Å². The van der Waals surface area contributed by atoms with E-state index in [9.17, 15) is 63.3 Å². The van der Waals surface area contributed by atoms with E-state index < -0.39 is 168 Å². The van der Waals surface area contributed by atoms with Crippen LogP contribution in [0.2, 0.25) is 0 Å². The Morgan fingerprint density at radius 3 is 1.62 bits per heavy atom. The molecule has 12 unspecified atom stereocenters. The van der Waals surface area contributed by atoms with Gasteiger partial charge < -0.3 is 82.4 Å². The third kappa shape index (κ3) is 20.4. The molecule has 0 aromatic heterocycles. The number of nitrogens with zero attached hydrogens (tertiary/aromatic N) is 2. The van der Waals surface area contributed by atoms with Crippen molar-refractivity contribution >= 4 is 92.6 Å². The molecule has 4 heterocycles. The van der Waals surface area contributed by atoms with Crippen LogP contribution >= 0.6 is 0 Å². The Morgan fingerprint density at radius 1 is 0.580 bits per heavy atom. The molecule has 4 aliphatic rings. The Morgan fingerprint density at radius 2 is 1.09 bits per heavy atom. The highest BCUT2D eigenvalue weighted by atomic mass is 16.5. The van der Waals surface area contributed by atoms with Crippen molar-refractivity contribution in [2.24, 2.45) is 5.41 Å². The molecule has 9 rings (SSSR count). The number of carbonyl (C=O) groups is 12. The first-order valence-corrected chi connectivity index (χ1v) is 33.3. The third-order valence-corrected chi connectivity index (χ3v) is 18.1. The van der Waals surface area contributed by atoms with Crippen molar-refractivity contribution in [3.8, 4) is 5.75 Å². The lowest BCUT2D eigenvalue weighted by atomic mass is 9.85. The molecule has 0 radical (unpaired) electrons. The Balaban J connectivity index is 1.14. The molecular formula is C72H89N11O17. The standard InChI is InChI=1S/C72H89N11O17/c1-40(73-6)62(87)79-55(37-60(85)86)68(93)83-39-51-36-58(83)67(92)78-53(33-43-18-22-45-14-8-10-16-47(45)30-43)64(89)76-52(70(95)96)26-27-59(84)75-49-35-57(82(38-49)69(94)61(72(3,4)5)81-63(88)41(2)74-7)66(91)77-54(34-44-19-23-46-15-9-11-17-48(46)31-44)65(90)80-56(71(97)98)32-42-20-24-50(25-21-42)99-28-12-13-29-100-51/h8-25,30-31,40-41,49,51-58,61,73-74H,26-29,32-39H2,1-7H3,(H,75,84)(H,76,89)(H,77,91)(H,78,92)(H,79,87)(H,80,90)(H,81,88)(H,85,86)(H,95,96)(H,97,98). The summed E-state index contributed by atoms with van der Waals surface area (Å²) >= 11 is 0. The second-order valence-electron chi connectivity index (χ2n) is 26.6. The fourth-order valence-corrected chi connectivity index (χ4v) is 12.2. The molecule has 4 aliphatic heterocycles. The third-order valence-electron chi connectivity index (χ3n) is 18.1. The minimum atomic E-state index is -1.78. The van der Waals surface area contributed by atoms with Crippen LogP contribution in [0.4, 0.5) is 0 Å². The molecule has 0 saturated carbocycles. The van der Waals surface area contributed by atoms with Crippen molar-refractivity contribution in [2.45, 2.75) is 159 Å². The number of rotatable bonds is 16. The highest BCUT2D eigenvalue weighted by Gasteiger charge is 2.48. The molecule has 0 spiro atoms. The lowest BCUT2D eigenvalue weighted by molar-refractivity contribution is -0.146. The van der Waals surface area contributed by atoms with Gasteiger partial charge in [0.25, 0.3) is 0 Å². The Hall–Kier alpha value is -10.3. The zero-order valence-electron chi connectivity index (χ0n) is 56.9. The predicted molar refractivity (Wildman–Crippen MR) is 367 cm³/mol. The number of likely N-dealkylation sites (tertiary alicyclic amines) is 2. The summed E-state index contributed by atoms with van der Waals surface area (Å²) in [5.41, 5.74) is 0.615. The van der Waals surface area contributed by atoms with Crippen LogP contribution in [0.15, 0.2) is 121 Å². The van der Waals surface area contributed by atoms with Gasteiger partial charge in [-0.1, -0.05) is 124 Å². The highest BCUT2D eigenvalue weighted by molar-refractivity contribution is 5.99. The number of carbonyl (C=O) groups excluding carboxylic acids is 9. The van der Waals surface area contributed by atoms with E-state index in [1.807, 2.05) is 54.6 Å². The molecule has 9 amide bonds. The maximum Gasteiger partial charge on any atom is 0.326 e. The topological polar surface area (TPSA) is 399 Å². The lowest BCUT2D eigenvalue weighted by Crippen LogP contribution is -2.61. The minimum Gasteiger partial charge on any atom is -0.490 e. The van der Waals surface area contributed by atoms with Gasteiger partial charge in [0.15, 0.2) is 0 Å². The zero-order valence-corrected chi connectivity index (χ0v) is 56.9. The summed E-state index contributed by atoms with van der Waals surface area (Å²) < 4.78 is 12.1. The van der Waals surface area contributed by atoms with Crippen LogP contribution in [0.3, 0.4) is 0 Å². The van der Waals surface area contributed by atoms with E-state index in [1.54, 1.807) is 101 Å². The quantitative estimate of drug-likeness (QED) is 0.0625. The molecule has 6 bridgehead atoms. The van der Waals surface area contributed by atoms with E-state index >= 15 is 9.59 Å². The van der Waals surface area contributed by atoms with E-state index in [0.29, 0.717) is 22.4 Å². The summed E-state index contributed by atoms with van der Waals surface area (Å²) in [6.07, 6.45) is -0.652. The molecule has 12 N–H and O–H groups in total. The van der Waals surface area contributed by atoms with Crippen LogP contribution < -0.4 is 52.6 Å². The van der Waals surface area contributed by atoms with E-state index in [0.717, 1.165) is 26.4 Å². The molecule has 28 nitrogen and oxygen atoms in total. The minimum absolute atomic E-state index is 0.01000. The highest BCUT2D eigenvalue weighted by Crippen LogP contribution is 2.29. The summed E-state index contributed by atoms with van der Waals surface area (Å²) in [4.78, 5) is 171. The molecule has 5 aromatic rings. The zero-order chi connectivity index (χ0) is 72.5. The smallest absolute Gasteiger partial charge is 0.326 e. The molecule has 100 heavy (non-hydrogen) atoms. The van der Waals surface area contributed by atoms with Gasteiger partial charge in [0.2, 0.25) is 53.2 Å². The molecule has 2 saturated heterocycles. The van der Waals surface area contributed by atoms with Crippen LogP contribution in [0.5, 0.6) is 5.75 Å². The number of carboxylic acids is 3. The fraction of sp³-hybridized carbons (Fsp3) is 0.444. The average Bonchev–Trinajstić information content (AvgIpc) is 1.61. The molecule has 28 heteroatoms. The van der Waals surface area contributed by atoms with Gasteiger partial charge >= 0.3 is 17.9 Å². The fourth-order valence-electron chi connectivity index (χ4n) is 12.2. The van der Waals surface area contributed by atoms with E-state index in [2.05, 4.69) is 47.9 Å². The van der Waals surface area contributed by atoms with Crippen LogP contribution in [-0.4, -0.2) is 209 Å². The van der Waals surface area contributed by atoms with Gasteiger partial charge in [0.1, 0.15) is 60.7 Å². The normalized spacial score (nSPS) is 22.9. The number of hydrogen-bond acceptors (Lipinski definition) is 16. The first kappa shape index (κ1) is 75.5. The number of aliphatic carboxylic acids is 3. The molecule has 0 aliphatic carbocycles. The summed E-state index contributed by atoms with van der Waals surface area (Å²) in [5, 5.41) is 58.8. The van der Waals surface area contributed by atoms with Crippen molar-refractivity contribution < 1.29 is 82.3 Å². The van der Waals surface area contributed by atoms with Gasteiger partial charge in [0.05, 0.1) is 31.2 Å². The second kappa shape index (κ2) is 34.4. The van der Waals surface area contributed by atoms with Gasteiger partial charge in [0, 0.05) is 51.2 Å². The van der Waals surface area contributed by atoms with Crippen LogP contribution in [0.25, 0.3) is 21.5 Å². The summed E-state index contributed by atoms with van der Waals surface area (Å²) in [7, 11) is 3.05. The van der Waals surface area contributed by atoms with Crippen molar-refractivity contribution in [3.05, 3.63) is 138 Å². The van der Waals surface area contributed by atoms with Gasteiger partial charge in [-0.25, -0.2) is 9.59 Å². The van der Waals surface area contributed by atoms with Crippen LogP contribution in [0, 0.1) is 5.41 Å². The van der Waals surface area contributed by atoms with Gasteiger partial charge in [-0.15, -0.1) is 0 Å². The Bertz CT molecular complexity index is 3880. The molecule has 534 valence electrons. The molecular weight excluding hydrogens is 1290 g/mol. The number of likely N-dealkylation sites (N-methyl/N-ethyl adjacent to an activating group) is 2. The number of fused-ring (bicyclic) bond motifs is 23. The largest absolute Gasteiger partial charge is 0.490 e. The van der Waals surface area contributed by atoms with Crippen molar-refractivity contribution in [1.29, 1.82) is 0 Å². The average molecular weight is 1380 g/mol. The monoisotopic (exact) mass is 1380 g/mol. The Kier molecular flexibility index (Phi) is 26.0. The van der Waals surface area contributed by atoms with Gasteiger partial charge in [-0.2, -0.15) is 0 Å². The molecule has 5 aromatic carbocycles. The lowest BCUT2D eigenvalue weighted by Gasteiger charge is -2.36. The number of nitrogens with one attached hydrogen (secondary N) is 9. The van der Waals surface area contributed by atoms with Crippen molar-refractivity contribution in [2.75, 3.05) is 40.4 Å². The number of amides is 9. The molecule has 2 fully saturated rings. The number of benzene rings is 5. The SMILES string of the molecule is CNC(C)C(=O)NC(CC(=O)O)C(=O)N1CC2CC1C(=O)NC(Cc1ccc3ccccc3c1)C(=O)NC(C(=O)O)CCC(=O)NC1CC(C(=O)NC(Cc3ccc4ccccc4c3)C(=O)NC(C(=O)O)Cc3ccc(cc3)OCC=CCO2)N(C(=O)C(NC(=O)C(C)NC)C(C)(C)C)C1. The second-order valence-corrected chi connectivity index (χ2v) is 26.6. The predicted octanol–water partition coefficient (Wildman–Crippen LogP) is 1.64. The first-order chi connectivity index (χ1) is 47.6. The molecule has 12 atom stereocenters. The van der Waals surface area contributed by atoms with Crippen molar-refractivity contribution in [1.82, 2.24) is 57.7 Å². The van der Waals surface area contributed by atoms with Gasteiger partial charge in [-0.3, -0.25) is 47.9 Å². The maximum atomic E-state index is 15.1. The maximum absolute atomic E-state index is 15.1. The van der Waals surface area contributed by atoms with E-state index in [1.165, 1.54) is 18.9 Å². The summed E-state index contributed by atoms with van der Waals surface area (Å²) in [6, 6.07) is 17.2. The summed E-state index contributed by atoms with van der Waals surface area (Å²) in [6.45, 7) is 7.53. The van der Waals surface area contributed by atoms with Gasteiger partial charge in [-0.05, 0) is 103 Å². The Labute approximate surface area is 578 Å². The van der Waals surface area contributed by atoms with E-state index in [-0.39, 0.29) is 58.4 Å². The summed E-state index contributed by atoms with van der Waals surface area (Å²) in [5.74, 6) is -11.3. The number of hydrogen-bond donors (Lipinski definition) is 12. The van der Waals surface area contributed by atoms with Crippen LogP contribution in [-0.2, 0) is 81.5 Å². The van der Waals surface area contributed by atoms with E-state index in [4.69, 9.17) is 9.47 Å². The van der Waals surface area contributed by atoms with Crippen LogP contribution in [0.1, 0.15) is 83.4 Å². The first-order valence-electron chi connectivity index (χ1n) is 33.3. The number of carboxylic acid groups (broad SMARTS) is 3. The number of ether oxygens (including phenoxy) is 2.